The van der Waals surface area contributed by atoms with E-state index in [-0.39, 0.29) is 11.2 Å². The average molecular weight is 151 g/mol. The Kier molecular flexibility index (Phi) is 1.16. The van der Waals surface area contributed by atoms with Gasteiger partial charge in [0.05, 0.1) is 11.1 Å². The number of ketones is 1. The van der Waals surface area contributed by atoms with E-state index in [2.05, 4.69) is 9.68 Å². The summed E-state index contributed by atoms with van der Waals surface area (Å²) in [4.78, 5) is 11.1. The van der Waals surface area contributed by atoms with Crippen LogP contribution in [0.25, 0.3) is 0 Å². The van der Waals surface area contributed by atoms with Gasteiger partial charge in [0.25, 0.3) is 0 Å². The molecule has 1 fully saturated rings. The Balaban J connectivity index is 2.36. The summed E-state index contributed by atoms with van der Waals surface area (Å²) in [6, 6.07) is 1.77. The third-order valence-corrected chi connectivity index (χ3v) is 2.35. The van der Waals surface area contributed by atoms with Gasteiger partial charge in [-0.15, -0.1) is 0 Å². The molecule has 0 saturated heterocycles. The summed E-state index contributed by atoms with van der Waals surface area (Å²) in [7, 11) is 0. The van der Waals surface area contributed by atoms with Crippen molar-refractivity contribution in [1.82, 2.24) is 5.16 Å². The highest BCUT2D eigenvalue weighted by Gasteiger charge is 2.50. The van der Waals surface area contributed by atoms with Crippen molar-refractivity contribution in [2.45, 2.75) is 25.2 Å². The summed E-state index contributed by atoms with van der Waals surface area (Å²) in [6.07, 6.45) is 3.36. The number of hydrogen-bond acceptors (Lipinski definition) is 3. The largest absolute Gasteiger partial charge is 0.364 e. The van der Waals surface area contributed by atoms with Gasteiger partial charge in [0.15, 0.2) is 0 Å². The number of hydrogen-bond donors (Lipinski definition) is 0. The Bertz CT molecular complexity index is 272. The smallest absolute Gasteiger partial charge is 0.142 e. The van der Waals surface area contributed by atoms with Crippen molar-refractivity contribution in [3.8, 4) is 0 Å². The zero-order valence-corrected chi connectivity index (χ0v) is 6.33. The van der Waals surface area contributed by atoms with Crippen LogP contribution in [-0.2, 0) is 10.2 Å². The molecule has 0 bridgehead atoms. The van der Waals surface area contributed by atoms with Crippen LogP contribution in [0.2, 0.25) is 0 Å². The molecule has 0 atom stereocenters. The van der Waals surface area contributed by atoms with Gasteiger partial charge in [-0.05, 0) is 19.8 Å². The first-order valence-electron chi connectivity index (χ1n) is 3.68. The molecule has 11 heavy (non-hydrogen) atoms. The van der Waals surface area contributed by atoms with Crippen LogP contribution in [0, 0.1) is 0 Å². The van der Waals surface area contributed by atoms with E-state index < -0.39 is 0 Å². The van der Waals surface area contributed by atoms with Gasteiger partial charge in [-0.3, -0.25) is 4.79 Å². The van der Waals surface area contributed by atoms with Gasteiger partial charge in [0.1, 0.15) is 12.0 Å². The second-order valence-corrected chi connectivity index (χ2v) is 3.02. The van der Waals surface area contributed by atoms with Crippen LogP contribution in [0.5, 0.6) is 0 Å². The molecule has 1 aliphatic rings. The predicted molar refractivity (Wildman–Crippen MR) is 38.1 cm³/mol. The molecule has 0 spiro atoms. The van der Waals surface area contributed by atoms with E-state index in [1.165, 1.54) is 6.26 Å². The van der Waals surface area contributed by atoms with E-state index in [4.69, 9.17) is 0 Å². The van der Waals surface area contributed by atoms with Crippen molar-refractivity contribution in [2.75, 3.05) is 0 Å². The molecule has 1 aliphatic carbocycles. The van der Waals surface area contributed by atoms with E-state index >= 15 is 0 Å². The van der Waals surface area contributed by atoms with Gasteiger partial charge in [0.2, 0.25) is 0 Å². The van der Waals surface area contributed by atoms with Crippen molar-refractivity contribution in [1.29, 1.82) is 0 Å². The maximum absolute atomic E-state index is 11.1. The molecular formula is C8H9NO2. The number of carbonyl (C=O) groups excluding carboxylic acids is 1. The maximum Gasteiger partial charge on any atom is 0.142 e. The SMILES string of the molecule is CC(=O)C1(c2ccon2)CC1. The highest BCUT2D eigenvalue weighted by Crippen LogP contribution is 2.47. The summed E-state index contributed by atoms with van der Waals surface area (Å²) >= 11 is 0. The second kappa shape index (κ2) is 1.94. The third kappa shape index (κ3) is 0.803. The van der Waals surface area contributed by atoms with Crippen LogP contribution in [0.4, 0.5) is 0 Å². The first-order chi connectivity index (χ1) is 5.26. The summed E-state index contributed by atoms with van der Waals surface area (Å²) in [6.45, 7) is 1.61. The molecule has 58 valence electrons. The molecule has 3 nitrogen and oxygen atoms in total. The summed E-state index contributed by atoms with van der Waals surface area (Å²) in [5.74, 6) is 0.200. The number of nitrogens with zero attached hydrogens (tertiary/aromatic N) is 1. The Labute approximate surface area is 64.4 Å². The number of Topliss-reactive ketones (excluding diaryl/α,β-unsaturated/α-hetero) is 1. The molecule has 0 amide bonds. The molecular weight excluding hydrogens is 142 g/mol. The van der Waals surface area contributed by atoms with Crippen LogP contribution in [-0.4, -0.2) is 10.9 Å². The molecule has 3 heteroatoms. The van der Waals surface area contributed by atoms with E-state index in [1.807, 2.05) is 0 Å². The minimum absolute atomic E-state index is 0.200. The lowest BCUT2D eigenvalue weighted by atomic mass is 9.98. The Morgan fingerprint density at radius 2 is 2.45 bits per heavy atom. The summed E-state index contributed by atoms with van der Waals surface area (Å²) in [5, 5.41) is 3.78. The standard InChI is InChI=1S/C8H9NO2/c1-6(10)8(3-4-8)7-2-5-11-9-7/h2,5H,3-4H2,1H3. The van der Waals surface area contributed by atoms with Crippen LogP contribution < -0.4 is 0 Å². The lowest BCUT2D eigenvalue weighted by Gasteiger charge is -2.04. The quantitative estimate of drug-likeness (QED) is 0.639. The summed E-state index contributed by atoms with van der Waals surface area (Å²) in [5.41, 5.74) is 0.525. The van der Waals surface area contributed by atoms with Crippen molar-refractivity contribution >= 4 is 5.78 Å². The zero-order chi connectivity index (χ0) is 7.90. The van der Waals surface area contributed by atoms with Gasteiger partial charge < -0.3 is 4.52 Å². The number of carbonyl (C=O) groups is 1. The molecule has 1 aromatic heterocycles. The van der Waals surface area contributed by atoms with E-state index in [0.717, 1.165) is 18.5 Å². The zero-order valence-electron chi connectivity index (χ0n) is 6.33. The topological polar surface area (TPSA) is 43.1 Å². The monoisotopic (exact) mass is 151 g/mol. The van der Waals surface area contributed by atoms with Gasteiger partial charge in [-0.25, -0.2) is 0 Å². The highest BCUT2D eigenvalue weighted by molar-refractivity contribution is 5.90. The van der Waals surface area contributed by atoms with Crippen LogP contribution in [0.3, 0.4) is 0 Å². The fraction of sp³-hybridized carbons (Fsp3) is 0.500. The third-order valence-electron chi connectivity index (χ3n) is 2.35. The minimum Gasteiger partial charge on any atom is -0.364 e. The Morgan fingerprint density at radius 1 is 1.73 bits per heavy atom. The molecule has 1 heterocycles. The number of aromatic nitrogens is 1. The lowest BCUT2D eigenvalue weighted by molar-refractivity contribution is -0.119. The van der Waals surface area contributed by atoms with E-state index in [1.54, 1.807) is 13.0 Å². The average Bonchev–Trinajstić information content (AvgIpc) is 2.61. The molecule has 0 aromatic carbocycles. The lowest BCUT2D eigenvalue weighted by Crippen LogP contribution is -2.16. The highest BCUT2D eigenvalue weighted by atomic mass is 16.5. The first-order valence-corrected chi connectivity index (χ1v) is 3.68. The molecule has 0 radical (unpaired) electrons. The van der Waals surface area contributed by atoms with Crippen molar-refractivity contribution in [3.05, 3.63) is 18.0 Å². The molecule has 2 rings (SSSR count). The molecule has 1 aromatic rings. The minimum atomic E-state index is -0.271. The van der Waals surface area contributed by atoms with Gasteiger partial charge in [-0.2, -0.15) is 0 Å². The fourth-order valence-corrected chi connectivity index (χ4v) is 1.37. The Morgan fingerprint density at radius 3 is 2.82 bits per heavy atom. The normalized spacial score (nSPS) is 19.7. The fourth-order valence-electron chi connectivity index (χ4n) is 1.37. The van der Waals surface area contributed by atoms with E-state index in [0.29, 0.717) is 0 Å². The van der Waals surface area contributed by atoms with Crippen molar-refractivity contribution < 1.29 is 9.32 Å². The molecule has 0 N–H and O–H groups in total. The van der Waals surface area contributed by atoms with Gasteiger partial charge in [-0.1, -0.05) is 5.16 Å². The van der Waals surface area contributed by atoms with Crippen LogP contribution in [0.1, 0.15) is 25.5 Å². The molecule has 0 unspecified atom stereocenters. The Hall–Kier alpha value is -1.12. The van der Waals surface area contributed by atoms with Gasteiger partial charge >= 0.3 is 0 Å². The predicted octanol–water partition coefficient (Wildman–Crippen LogP) is 1.30. The van der Waals surface area contributed by atoms with Crippen molar-refractivity contribution in [2.24, 2.45) is 0 Å². The molecule has 1 saturated carbocycles. The number of rotatable bonds is 2. The van der Waals surface area contributed by atoms with Crippen LogP contribution >= 0.6 is 0 Å². The maximum atomic E-state index is 11.1. The second-order valence-electron chi connectivity index (χ2n) is 3.02. The summed E-state index contributed by atoms with van der Waals surface area (Å²) < 4.78 is 4.69. The van der Waals surface area contributed by atoms with Crippen LogP contribution in [0.15, 0.2) is 16.9 Å². The van der Waals surface area contributed by atoms with Gasteiger partial charge in [0, 0.05) is 6.07 Å². The molecule has 0 aliphatic heterocycles. The van der Waals surface area contributed by atoms with E-state index in [9.17, 15) is 4.79 Å². The van der Waals surface area contributed by atoms with Crippen molar-refractivity contribution in [3.63, 3.8) is 0 Å². The first kappa shape index (κ1) is 6.58.